The third-order valence-electron chi connectivity index (χ3n) is 5.32. The molecule has 3 atom stereocenters. The average molecular weight is 322 g/mol. The number of hydrogen-bond acceptors (Lipinski definition) is 1. The van der Waals surface area contributed by atoms with E-state index in [1.54, 1.807) is 4.90 Å². The number of anilines is 2. The molecule has 0 radical (unpaired) electrons. The van der Waals surface area contributed by atoms with Crippen LogP contribution in [-0.2, 0) is 0 Å². The van der Waals surface area contributed by atoms with Gasteiger partial charge in [-0.3, -0.25) is 4.90 Å². The van der Waals surface area contributed by atoms with Crippen molar-refractivity contribution in [2.75, 3.05) is 30.4 Å². The fourth-order valence-corrected chi connectivity index (χ4v) is 4.17. The van der Waals surface area contributed by atoms with Gasteiger partial charge in [-0.15, -0.1) is 0 Å². The maximum Gasteiger partial charge on any atom is 0.326 e. The Morgan fingerprint density at radius 1 is 1.21 bits per heavy atom. The second-order valence-electron chi connectivity index (χ2n) is 7.10. The van der Waals surface area contributed by atoms with Gasteiger partial charge < -0.3 is 10.2 Å². The molecule has 2 aliphatic rings. The van der Waals surface area contributed by atoms with Crippen LogP contribution in [0.15, 0.2) is 48.5 Å². The number of amides is 2. The molecule has 2 heterocycles. The third kappa shape index (κ3) is 2.57. The zero-order chi connectivity index (χ0) is 16.7. The standard InChI is InChI=1S/C20H23N3O/c1-14-8-9-18-16(12-14)17-13-22(2)11-10-19(17)23(18)20(24)21-15-6-4-3-5-7-15/h3-9,12,17,19H,10-11,13H2,1-2H3,(H,21,24)/p+1/t17-,19+/m0/s1. The molecule has 0 saturated carbocycles. The van der Waals surface area contributed by atoms with Crippen LogP contribution in [0.25, 0.3) is 0 Å². The summed E-state index contributed by atoms with van der Waals surface area (Å²) in [5, 5.41) is 3.06. The lowest BCUT2D eigenvalue weighted by Gasteiger charge is -2.34. The quantitative estimate of drug-likeness (QED) is 0.831. The number of nitrogens with zero attached hydrogens (tertiary/aromatic N) is 1. The summed E-state index contributed by atoms with van der Waals surface area (Å²) in [4.78, 5) is 16.6. The molecular weight excluding hydrogens is 298 g/mol. The van der Waals surface area contributed by atoms with Gasteiger partial charge in [0.2, 0.25) is 0 Å². The number of fused-ring (bicyclic) bond motifs is 3. The third-order valence-corrected chi connectivity index (χ3v) is 5.32. The topological polar surface area (TPSA) is 36.8 Å². The number of piperidine rings is 1. The summed E-state index contributed by atoms with van der Waals surface area (Å²) in [7, 11) is 2.25. The first-order chi connectivity index (χ1) is 11.6. The fraction of sp³-hybridized carbons (Fsp3) is 0.350. The highest BCUT2D eigenvalue weighted by Gasteiger charge is 2.45. The van der Waals surface area contributed by atoms with Crippen LogP contribution in [0.3, 0.4) is 0 Å². The molecule has 0 spiro atoms. The normalized spacial score (nSPS) is 25.1. The number of hydrogen-bond donors (Lipinski definition) is 2. The maximum atomic E-state index is 13.0. The number of likely N-dealkylation sites (N-methyl/N-ethyl adjacent to an activating group) is 1. The Morgan fingerprint density at radius 2 is 2.00 bits per heavy atom. The van der Waals surface area contributed by atoms with Gasteiger partial charge in [-0.1, -0.05) is 35.9 Å². The molecule has 2 N–H and O–H groups in total. The van der Waals surface area contributed by atoms with Gasteiger partial charge in [-0.25, -0.2) is 4.79 Å². The highest BCUT2D eigenvalue weighted by Crippen LogP contribution is 2.43. The van der Waals surface area contributed by atoms with Crippen LogP contribution in [-0.4, -0.2) is 32.2 Å². The van der Waals surface area contributed by atoms with Crippen molar-refractivity contribution in [2.45, 2.75) is 25.3 Å². The number of rotatable bonds is 1. The van der Waals surface area contributed by atoms with Gasteiger partial charge in [0.15, 0.2) is 0 Å². The van der Waals surface area contributed by atoms with E-state index in [4.69, 9.17) is 0 Å². The van der Waals surface area contributed by atoms with Gasteiger partial charge in [0.25, 0.3) is 0 Å². The number of carbonyl (C=O) groups excluding carboxylic acids is 1. The van der Waals surface area contributed by atoms with Crippen molar-refractivity contribution in [1.82, 2.24) is 0 Å². The summed E-state index contributed by atoms with van der Waals surface area (Å²) in [6.07, 6.45) is 1.05. The first kappa shape index (κ1) is 15.2. The Morgan fingerprint density at radius 3 is 2.79 bits per heavy atom. The minimum absolute atomic E-state index is 0.0154. The summed E-state index contributed by atoms with van der Waals surface area (Å²) in [5.74, 6) is 0.440. The highest BCUT2D eigenvalue weighted by molar-refractivity contribution is 6.04. The minimum Gasteiger partial charge on any atom is -0.337 e. The lowest BCUT2D eigenvalue weighted by molar-refractivity contribution is -0.886. The number of aryl methyl sites for hydroxylation is 1. The smallest absolute Gasteiger partial charge is 0.326 e. The lowest BCUT2D eigenvalue weighted by Crippen LogP contribution is -3.11. The van der Waals surface area contributed by atoms with Gasteiger partial charge in [0.05, 0.1) is 32.1 Å². The maximum absolute atomic E-state index is 13.0. The van der Waals surface area contributed by atoms with E-state index in [-0.39, 0.29) is 12.1 Å². The molecule has 4 nitrogen and oxygen atoms in total. The molecule has 1 saturated heterocycles. The van der Waals surface area contributed by atoms with Crippen molar-refractivity contribution in [3.05, 3.63) is 59.7 Å². The molecule has 2 aromatic rings. The van der Waals surface area contributed by atoms with E-state index in [9.17, 15) is 4.79 Å². The molecule has 0 aliphatic carbocycles. The first-order valence-corrected chi connectivity index (χ1v) is 8.70. The molecule has 2 aliphatic heterocycles. The van der Waals surface area contributed by atoms with Crippen molar-refractivity contribution in [3.63, 3.8) is 0 Å². The number of likely N-dealkylation sites (tertiary alicyclic amines) is 1. The zero-order valence-electron chi connectivity index (χ0n) is 14.3. The van der Waals surface area contributed by atoms with Crippen molar-refractivity contribution in [3.8, 4) is 0 Å². The summed E-state index contributed by atoms with van der Waals surface area (Å²) >= 11 is 0. The summed E-state index contributed by atoms with van der Waals surface area (Å²) in [6, 6.07) is 16.4. The molecule has 4 heteroatoms. The molecule has 24 heavy (non-hydrogen) atoms. The zero-order valence-corrected chi connectivity index (χ0v) is 14.3. The van der Waals surface area contributed by atoms with Gasteiger partial charge in [0, 0.05) is 17.8 Å². The first-order valence-electron chi connectivity index (χ1n) is 8.70. The van der Waals surface area contributed by atoms with Gasteiger partial charge >= 0.3 is 6.03 Å². The number of nitrogens with one attached hydrogen (secondary N) is 2. The van der Waals surface area contributed by atoms with Crippen LogP contribution in [0.1, 0.15) is 23.5 Å². The Hall–Kier alpha value is -2.33. The van der Waals surface area contributed by atoms with Gasteiger partial charge in [-0.2, -0.15) is 0 Å². The molecule has 1 unspecified atom stereocenters. The van der Waals surface area contributed by atoms with E-state index in [0.29, 0.717) is 5.92 Å². The Labute approximate surface area is 143 Å². The van der Waals surface area contributed by atoms with Crippen LogP contribution >= 0.6 is 0 Å². The van der Waals surface area contributed by atoms with E-state index in [1.807, 2.05) is 35.2 Å². The fourth-order valence-electron chi connectivity index (χ4n) is 4.17. The van der Waals surface area contributed by atoms with E-state index in [0.717, 1.165) is 30.9 Å². The van der Waals surface area contributed by atoms with Crippen LogP contribution in [0.5, 0.6) is 0 Å². The largest absolute Gasteiger partial charge is 0.337 e. The molecule has 4 rings (SSSR count). The molecular formula is C20H24N3O+. The second kappa shape index (κ2) is 5.95. The van der Waals surface area contributed by atoms with E-state index in [1.165, 1.54) is 11.1 Å². The van der Waals surface area contributed by atoms with Crippen molar-refractivity contribution >= 4 is 17.4 Å². The minimum atomic E-state index is -0.0154. The number of urea groups is 1. The summed E-state index contributed by atoms with van der Waals surface area (Å²) < 4.78 is 0. The number of para-hydroxylation sites is 1. The Bertz CT molecular complexity index is 759. The summed E-state index contributed by atoms with van der Waals surface area (Å²) in [5.41, 5.74) is 4.53. The highest BCUT2D eigenvalue weighted by atomic mass is 16.2. The Balaban J connectivity index is 1.68. The van der Waals surface area contributed by atoms with Crippen molar-refractivity contribution in [2.24, 2.45) is 0 Å². The average Bonchev–Trinajstić information content (AvgIpc) is 2.89. The van der Waals surface area contributed by atoms with Crippen LogP contribution in [0, 0.1) is 6.92 Å². The monoisotopic (exact) mass is 322 g/mol. The number of benzene rings is 2. The van der Waals surface area contributed by atoms with Crippen molar-refractivity contribution in [1.29, 1.82) is 0 Å². The Kier molecular flexibility index (Phi) is 3.77. The van der Waals surface area contributed by atoms with Crippen LogP contribution in [0.4, 0.5) is 16.2 Å². The molecule has 1 fully saturated rings. The molecule has 2 aromatic carbocycles. The molecule has 2 amide bonds. The van der Waals surface area contributed by atoms with Crippen LogP contribution < -0.4 is 15.1 Å². The predicted octanol–water partition coefficient (Wildman–Crippen LogP) is 2.42. The van der Waals surface area contributed by atoms with Crippen LogP contribution in [0.2, 0.25) is 0 Å². The molecule has 0 aromatic heterocycles. The molecule has 124 valence electrons. The number of carbonyl (C=O) groups is 1. The van der Waals surface area contributed by atoms with E-state index >= 15 is 0 Å². The lowest BCUT2D eigenvalue weighted by atomic mass is 9.89. The summed E-state index contributed by atoms with van der Waals surface area (Å²) in [6.45, 7) is 4.33. The SMILES string of the molecule is Cc1ccc2c(c1)[C@@H]1C[NH+](C)CC[C@H]1N2C(=O)Nc1ccccc1. The number of quaternary nitrogens is 1. The van der Waals surface area contributed by atoms with Gasteiger partial charge in [0.1, 0.15) is 0 Å². The van der Waals surface area contributed by atoms with Gasteiger partial charge in [-0.05, 0) is 30.7 Å². The van der Waals surface area contributed by atoms with Crippen molar-refractivity contribution < 1.29 is 9.69 Å². The molecule has 0 bridgehead atoms. The predicted molar refractivity (Wildman–Crippen MR) is 96.9 cm³/mol. The second-order valence-corrected chi connectivity index (χ2v) is 7.10. The van der Waals surface area contributed by atoms with E-state index in [2.05, 4.69) is 37.5 Å². The van der Waals surface area contributed by atoms with E-state index < -0.39 is 0 Å².